The Balaban J connectivity index is 4.56. The first kappa shape index (κ1) is 17.0. The third-order valence-electron chi connectivity index (χ3n) is 3.42. The number of unbranched alkanes of at least 4 members (excludes halogenated alkanes) is 3. The van der Waals surface area contributed by atoms with Gasteiger partial charge < -0.3 is 0 Å². The molecule has 0 aromatic heterocycles. The summed E-state index contributed by atoms with van der Waals surface area (Å²) >= 11 is -1.96. The van der Waals surface area contributed by atoms with Crippen LogP contribution < -0.4 is 5.11 Å². The molecule has 0 spiro atoms. The van der Waals surface area contributed by atoms with Crippen LogP contribution in [0.3, 0.4) is 0 Å². The molecule has 0 atom stereocenters. The summed E-state index contributed by atoms with van der Waals surface area (Å²) in [5, 5.41) is 15.1. The van der Waals surface area contributed by atoms with Crippen molar-refractivity contribution < 1.29 is 9.90 Å². The second-order valence-corrected chi connectivity index (χ2v) is 14.2. The molecule has 0 fully saturated rings. The van der Waals surface area contributed by atoms with Crippen LogP contribution >= 0.6 is 0 Å². The first-order valence-corrected chi connectivity index (χ1v) is 12.5. The van der Waals surface area contributed by atoms with E-state index in [9.17, 15) is 9.90 Å². The summed E-state index contributed by atoms with van der Waals surface area (Å²) in [6.45, 7) is 6.59. The van der Waals surface area contributed by atoms with E-state index >= 15 is 0 Å². The van der Waals surface area contributed by atoms with Crippen LogP contribution in [0, 0.1) is 0 Å². The standard InChI is InChI=1S/C14H29AsO2/c1-4-7-10-15(11-8-5-2,12-9-6-3)13-14(16)17/h4-13H2,1-3H3. The fourth-order valence-corrected chi connectivity index (χ4v) is 12.1. The van der Waals surface area contributed by atoms with Gasteiger partial charge in [-0.05, 0) is 0 Å². The van der Waals surface area contributed by atoms with Gasteiger partial charge in [0.05, 0.1) is 0 Å². The Morgan fingerprint density at radius 1 is 0.882 bits per heavy atom. The fraction of sp³-hybridized carbons (Fsp3) is 0.929. The summed E-state index contributed by atoms with van der Waals surface area (Å²) in [5.74, 6) is -0.791. The van der Waals surface area contributed by atoms with Gasteiger partial charge >= 0.3 is 110 Å². The monoisotopic (exact) mass is 304 g/mol. The summed E-state index contributed by atoms with van der Waals surface area (Å²) in [4.78, 5) is 11.0. The summed E-state index contributed by atoms with van der Waals surface area (Å²) in [7, 11) is 0. The van der Waals surface area contributed by atoms with Gasteiger partial charge in [-0.2, -0.15) is 0 Å². The third kappa shape index (κ3) is 7.86. The zero-order chi connectivity index (χ0) is 13.1. The second-order valence-electron chi connectivity index (χ2n) is 5.10. The van der Waals surface area contributed by atoms with Gasteiger partial charge in [0.15, 0.2) is 0 Å². The Labute approximate surface area is 110 Å². The normalized spacial score (nSPS) is 11.7. The van der Waals surface area contributed by atoms with Crippen LogP contribution in [0.25, 0.3) is 0 Å². The van der Waals surface area contributed by atoms with Gasteiger partial charge in [-0.1, -0.05) is 0 Å². The van der Waals surface area contributed by atoms with Crippen molar-refractivity contribution >= 4 is 19.5 Å². The molecule has 3 heteroatoms. The van der Waals surface area contributed by atoms with E-state index < -0.39 is 19.5 Å². The predicted molar refractivity (Wildman–Crippen MR) is 74.7 cm³/mol. The quantitative estimate of drug-likeness (QED) is 0.547. The van der Waals surface area contributed by atoms with E-state index in [2.05, 4.69) is 20.8 Å². The Morgan fingerprint density at radius 2 is 1.24 bits per heavy atom. The maximum absolute atomic E-state index is 11.0. The zero-order valence-corrected chi connectivity index (χ0v) is 13.7. The number of rotatable bonds is 11. The van der Waals surface area contributed by atoms with Crippen molar-refractivity contribution in [2.75, 3.05) is 0 Å². The summed E-state index contributed by atoms with van der Waals surface area (Å²) in [6.07, 6.45) is 7.21. The van der Waals surface area contributed by atoms with Crippen LogP contribution in [-0.4, -0.2) is 19.5 Å². The molecule has 102 valence electrons. The van der Waals surface area contributed by atoms with Crippen molar-refractivity contribution in [1.29, 1.82) is 0 Å². The first-order valence-electron chi connectivity index (χ1n) is 7.15. The van der Waals surface area contributed by atoms with E-state index in [1.165, 1.54) is 54.2 Å². The molecule has 0 aliphatic carbocycles. The van der Waals surface area contributed by atoms with E-state index in [1.807, 2.05) is 0 Å². The number of carbonyl (C=O) groups is 1. The molecule has 2 nitrogen and oxygen atoms in total. The van der Waals surface area contributed by atoms with Crippen LogP contribution in [0.1, 0.15) is 59.3 Å². The fourth-order valence-electron chi connectivity index (χ4n) is 2.33. The minimum absolute atomic E-state index is 0.429. The molecular formula is C14H29AsO2. The van der Waals surface area contributed by atoms with Crippen LogP contribution in [0.15, 0.2) is 0 Å². The van der Waals surface area contributed by atoms with Crippen LogP contribution in [-0.2, 0) is 4.79 Å². The Hall–Kier alpha value is 0.0284. The van der Waals surface area contributed by atoms with Gasteiger partial charge in [0.2, 0.25) is 0 Å². The number of carboxylic acids is 1. The van der Waals surface area contributed by atoms with Crippen molar-refractivity contribution in [2.45, 2.75) is 80.1 Å². The van der Waals surface area contributed by atoms with Crippen molar-refractivity contribution in [1.82, 2.24) is 0 Å². The van der Waals surface area contributed by atoms with Gasteiger partial charge in [-0.3, -0.25) is 0 Å². The zero-order valence-electron chi connectivity index (χ0n) is 11.8. The average Bonchev–Trinajstić information content (AvgIpc) is 2.30. The molecule has 0 N–H and O–H groups in total. The molecule has 0 saturated carbocycles. The molecular weight excluding hydrogens is 275 g/mol. The van der Waals surface area contributed by atoms with Crippen molar-refractivity contribution in [2.24, 2.45) is 0 Å². The molecule has 0 heterocycles. The van der Waals surface area contributed by atoms with E-state index in [4.69, 9.17) is 0 Å². The molecule has 0 aliphatic rings. The van der Waals surface area contributed by atoms with Gasteiger partial charge in [0.25, 0.3) is 0 Å². The second kappa shape index (κ2) is 10.00. The van der Waals surface area contributed by atoms with Crippen LogP contribution in [0.4, 0.5) is 0 Å². The summed E-state index contributed by atoms with van der Waals surface area (Å²) in [6, 6.07) is 0. The molecule has 17 heavy (non-hydrogen) atoms. The number of aliphatic carboxylic acids is 1. The van der Waals surface area contributed by atoms with E-state index in [0.29, 0.717) is 5.21 Å². The van der Waals surface area contributed by atoms with Crippen LogP contribution in [0.2, 0.25) is 20.8 Å². The first-order chi connectivity index (χ1) is 8.10. The minimum atomic E-state index is -1.96. The molecule has 0 saturated heterocycles. The molecule has 0 aromatic carbocycles. The van der Waals surface area contributed by atoms with Gasteiger partial charge in [-0.25, -0.2) is 0 Å². The van der Waals surface area contributed by atoms with Gasteiger partial charge in [-0.15, -0.1) is 0 Å². The maximum atomic E-state index is 11.0. The topological polar surface area (TPSA) is 40.1 Å². The summed E-state index contributed by atoms with van der Waals surface area (Å²) < 4.78 is 0. The Bertz CT molecular complexity index is 183. The third-order valence-corrected chi connectivity index (χ3v) is 13.3. The number of carboxylic acid groups (broad SMARTS) is 1. The molecule has 0 bridgehead atoms. The van der Waals surface area contributed by atoms with E-state index in [0.717, 1.165) is 0 Å². The average molecular weight is 304 g/mol. The van der Waals surface area contributed by atoms with Crippen molar-refractivity contribution in [3.05, 3.63) is 0 Å². The number of hydrogen-bond donors (Lipinski definition) is 0. The number of carbonyl (C=O) groups excluding carboxylic acids is 1. The Kier molecular flexibility index (Phi) is 10.0. The molecule has 0 aliphatic heterocycles. The molecule has 0 aromatic rings. The SMILES string of the molecule is CCCC[As+](CCCC)(CCCC)CC(=O)[O-]. The van der Waals surface area contributed by atoms with Crippen LogP contribution in [0.5, 0.6) is 0 Å². The van der Waals surface area contributed by atoms with E-state index in [-0.39, 0.29) is 0 Å². The molecule has 0 radical (unpaired) electrons. The Morgan fingerprint density at radius 3 is 1.47 bits per heavy atom. The van der Waals surface area contributed by atoms with Crippen molar-refractivity contribution in [3.8, 4) is 0 Å². The summed E-state index contributed by atoms with van der Waals surface area (Å²) in [5.41, 5.74) is 0. The van der Waals surface area contributed by atoms with Gasteiger partial charge in [0, 0.05) is 0 Å². The number of hydrogen-bond acceptors (Lipinski definition) is 2. The molecule has 0 unspecified atom stereocenters. The van der Waals surface area contributed by atoms with Crippen molar-refractivity contribution in [3.63, 3.8) is 0 Å². The van der Waals surface area contributed by atoms with Gasteiger partial charge in [0.1, 0.15) is 0 Å². The van der Waals surface area contributed by atoms with E-state index in [1.54, 1.807) is 0 Å². The molecule has 0 rings (SSSR count). The molecule has 0 amide bonds. The predicted octanol–water partition coefficient (Wildman–Crippen LogP) is 3.59.